The molecule has 0 radical (unpaired) electrons. The van der Waals surface area contributed by atoms with Crippen molar-refractivity contribution in [3.8, 4) is 6.07 Å². The van der Waals surface area contributed by atoms with E-state index < -0.39 is 23.7 Å². The van der Waals surface area contributed by atoms with Gasteiger partial charge in [0, 0.05) is 16.7 Å². The van der Waals surface area contributed by atoms with Gasteiger partial charge in [-0.2, -0.15) is 5.26 Å². The van der Waals surface area contributed by atoms with Gasteiger partial charge in [0.25, 0.3) is 0 Å². The number of carbonyl (C=O) groups excluding carboxylic acids is 2. The van der Waals surface area contributed by atoms with Crippen LogP contribution in [0.4, 0.5) is 0 Å². The Hall–Kier alpha value is -2.75. The first kappa shape index (κ1) is 20.0. The van der Waals surface area contributed by atoms with Crippen molar-refractivity contribution in [2.24, 2.45) is 5.92 Å². The van der Waals surface area contributed by atoms with E-state index in [1.807, 2.05) is 36.4 Å². The Balaban J connectivity index is 2.00. The number of hydrogen-bond acceptors (Lipinski definition) is 5. The van der Waals surface area contributed by atoms with Gasteiger partial charge in [0.1, 0.15) is 5.92 Å². The van der Waals surface area contributed by atoms with Crippen LogP contribution in [0.5, 0.6) is 0 Å². The third-order valence-corrected chi connectivity index (χ3v) is 5.74. The first-order valence-corrected chi connectivity index (χ1v) is 9.86. The molecule has 2 atom stereocenters. The Morgan fingerprint density at radius 3 is 2.64 bits per heavy atom. The second kappa shape index (κ2) is 8.96. The number of carbonyl (C=O) groups is 2. The van der Waals surface area contributed by atoms with Crippen LogP contribution >= 0.6 is 23.4 Å². The lowest BCUT2D eigenvalue weighted by molar-refractivity contribution is -0.150. The van der Waals surface area contributed by atoms with Crippen LogP contribution in [-0.4, -0.2) is 19.0 Å². The molecule has 7 heteroatoms. The third kappa shape index (κ3) is 4.22. The van der Waals surface area contributed by atoms with Gasteiger partial charge in [-0.15, -0.1) is 11.8 Å². The summed E-state index contributed by atoms with van der Waals surface area (Å²) in [5.41, 5.74) is 2.02. The fraction of sp³-hybridized carbons (Fsp3) is 0.190. The molecule has 1 amide bonds. The predicted molar refractivity (Wildman–Crippen MR) is 108 cm³/mol. The zero-order valence-electron chi connectivity index (χ0n) is 15.0. The van der Waals surface area contributed by atoms with Gasteiger partial charge in [-0.05, 0) is 23.3 Å². The van der Waals surface area contributed by atoms with Gasteiger partial charge in [-0.25, -0.2) is 0 Å². The van der Waals surface area contributed by atoms with E-state index in [2.05, 4.69) is 11.4 Å². The molecule has 0 aromatic heterocycles. The van der Waals surface area contributed by atoms with Crippen LogP contribution in [0.1, 0.15) is 17.0 Å². The van der Waals surface area contributed by atoms with Gasteiger partial charge in [0.2, 0.25) is 5.91 Å². The Morgan fingerprint density at radius 1 is 1.25 bits per heavy atom. The predicted octanol–water partition coefficient (Wildman–Crippen LogP) is 4.01. The zero-order valence-corrected chi connectivity index (χ0v) is 16.6. The van der Waals surface area contributed by atoms with Crippen LogP contribution < -0.4 is 5.32 Å². The van der Waals surface area contributed by atoms with Crippen LogP contribution in [0.3, 0.4) is 0 Å². The number of thioether (sulfide) groups is 1. The number of rotatable bonds is 5. The summed E-state index contributed by atoms with van der Waals surface area (Å²) in [7, 11) is 1.23. The van der Waals surface area contributed by atoms with E-state index >= 15 is 0 Å². The summed E-state index contributed by atoms with van der Waals surface area (Å²) in [5, 5.41) is 13.6. The standard InChI is InChI=1S/C21H17ClN2O3S/c1-27-21(26)18-17(14-7-3-2-4-8-14)16(11-23)20(24-19(18)25)28-12-13-6-5-9-15(22)10-13/h2-10,17-18H,12H2,1H3,(H,24,25)/t17-,18-/m0/s1. The minimum absolute atomic E-state index is 0.341. The van der Waals surface area contributed by atoms with Crippen LogP contribution in [0.2, 0.25) is 5.02 Å². The molecule has 5 nitrogen and oxygen atoms in total. The molecule has 0 saturated heterocycles. The van der Waals surface area contributed by atoms with Crippen LogP contribution in [0.15, 0.2) is 65.2 Å². The molecular formula is C21H17ClN2O3S. The summed E-state index contributed by atoms with van der Waals surface area (Å²) in [6.07, 6.45) is 0. The fourth-order valence-corrected chi connectivity index (χ4v) is 4.33. The monoisotopic (exact) mass is 412 g/mol. The molecule has 2 aromatic rings. The van der Waals surface area contributed by atoms with Crippen molar-refractivity contribution in [3.05, 3.63) is 81.3 Å². The molecule has 0 bridgehead atoms. The summed E-state index contributed by atoms with van der Waals surface area (Å²) >= 11 is 7.35. The summed E-state index contributed by atoms with van der Waals surface area (Å²) in [6, 6.07) is 18.6. The summed E-state index contributed by atoms with van der Waals surface area (Å²) in [5.74, 6) is -2.44. The highest BCUT2D eigenvalue weighted by molar-refractivity contribution is 8.02. The molecule has 142 valence electrons. The second-order valence-corrected chi connectivity index (χ2v) is 7.57. The van der Waals surface area contributed by atoms with E-state index in [0.717, 1.165) is 5.56 Å². The fourth-order valence-electron chi connectivity index (χ4n) is 3.12. The highest BCUT2D eigenvalue weighted by Crippen LogP contribution is 2.40. The molecule has 0 aliphatic carbocycles. The van der Waals surface area contributed by atoms with E-state index in [4.69, 9.17) is 16.3 Å². The second-order valence-electron chi connectivity index (χ2n) is 6.15. The quantitative estimate of drug-likeness (QED) is 0.592. The van der Waals surface area contributed by atoms with Gasteiger partial charge in [-0.1, -0.05) is 54.1 Å². The van der Waals surface area contributed by atoms with E-state index in [1.54, 1.807) is 18.2 Å². The SMILES string of the molecule is COC(=O)[C@@H]1C(=O)NC(SCc2cccc(Cl)c2)=C(C#N)[C@@H]1c1ccccc1. The van der Waals surface area contributed by atoms with Crippen molar-refractivity contribution in [1.29, 1.82) is 5.26 Å². The molecule has 0 saturated carbocycles. The minimum Gasteiger partial charge on any atom is -0.468 e. The average Bonchev–Trinajstić information content (AvgIpc) is 2.71. The van der Waals surface area contributed by atoms with Crippen molar-refractivity contribution in [3.63, 3.8) is 0 Å². The lowest BCUT2D eigenvalue weighted by atomic mass is 9.78. The molecule has 1 heterocycles. The maximum absolute atomic E-state index is 12.7. The van der Waals surface area contributed by atoms with E-state index in [1.165, 1.54) is 18.9 Å². The van der Waals surface area contributed by atoms with Gasteiger partial charge in [0.05, 0.1) is 23.8 Å². The Bertz CT molecular complexity index is 969. The first-order chi connectivity index (χ1) is 13.5. The van der Waals surface area contributed by atoms with Crippen molar-refractivity contribution in [2.75, 3.05) is 7.11 Å². The number of nitrogens with one attached hydrogen (secondary N) is 1. The molecule has 0 unspecified atom stereocenters. The van der Waals surface area contributed by atoms with E-state index in [-0.39, 0.29) is 0 Å². The number of esters is 1. The van der Waals surface area contributed by atoms with Crippen molar-refractivity contribution in [1.82, 2.24) is 5.32 Å². The molecule has 0 fully saturated rings. The highest BCUT2D eigenvalue weighted by atomic mass is 35.5. The molecule has 1 aliphatic heterocycles. The van der Waals surface area contributed by atoms with E-state index in [0.29, 0.717) is 26.9 Å². The van der Waals surface area contributed by atoms with Gasteiger partial charge in [0.15, 0.2) is 0 Å². The van der Waals surface area contributed by atoms with Gasteiger partial charge < -0.3 is 10.1 Å². The van der Waals surface area contributed by atoms with Crippen LogP contribution in [0, 0.1) is 17.2 Å². The van der Waals surface area contributed by atoms with Gasteiger partial charge >= 0.3 is 5.97 Å². The maximum atomic E-state index is 12.7. The number of allylic oxidation sites excluding steroid dienone is 1. The number of halogens is 1. The molecule has 1 N–H and O–H groups in total. The normalized spacial score (nSPS) is 19.0. The molecule has 28 heavy (non-hydrogen) atoms. The average molecular weight is 413 g/mol. The third-order valence-electron chi connectivity index (χ3n) is 4.41. The maximum Gasteiger partial charge on any atom is 0.319 e. The number of methoxy groups -OCH3 is 1. The summed E-state index contributed by atoms with van der Waals surface area (Å²) in [6.45, 7) is 0. The molecule has 1 aliphatic rings. The Kier molecular flexibility index (Phi) is 6.40. The minimum atomic E-state index is -1.11. The lowest BCUT2D eigenvalue weighted by Gasteiger charge is -2.31. The number of hydrogen-bond donors (Lipinski definition) is 1. The highest BCUT2D eigenvalue weighted by Gasteiger charge is 2.44. The number of benzene rings is 2. The van der Waals surface area contributed by atoms with Crippen molar-refractivity contribution < 1.29 is 14.3 Å². The van der Waals surface area contributed by atoms with Crippen molar-refractivity contribution in [2.45, 2.75) is 11.7 Å². The molecule has 0 spiro atoms. The van der Waals surface area contributed by atoms with Crippen molar-refractivity contribution >= 4 is 35.2 Å². The summed E-state index contributed by atoms with van der Waals surface area (Å²) in [4.78, 5) is 25.0. The van der Waals surface area contributed by atoms with E-state index in [9.17, 15) is 14.9 Å². The van der Waals surface area contributed by atoms with Gasteiger partial charge in [-0.3, -0.25) is 9.59 Å². The lowest BCUT2D eigenvalue weighted by Crippen LogP contribution is -2.44. The van der Waals surface area contributed by atoms with Crippen LogP contribution in [-0.2, 0) is 20.1 Å². The number of amides is 1. The topological polar surface area (TPSA) is 79.2 Å². The molecule has 2 aromatic carbocycles. The smallest absolute Gasteiger partial charge is 0.319 e. The molecular weight excluding hydrogens is 396 g/mol. The summed E-state index contributed by atoms with van der Waals surface area (Å²) < 4.78 is 4.83. The Morgan fingerprint density at radius 2 is 2.00 bits per heavy atom. The largest absolute Gasteiger partial charge is 0.468 e. The number of ether oxygens (including phenoxy) is 1. The Labute approximate surface area is 172 Å². The number of nitrogens with zero attached hydrogens (tertiary/aromatic N) is 1. The first-order valence-electron chi connectivity index (χ1n) is 8.50. The number of nitriles is 1. The van der Waals surface area contributed by atoms with Crippen LogP contribution in [0.25, 0.3) is 0 Å². The zero-order chi connectivity index (χ0) is 20.1. The molecule has 3 rings (SSSR count).